The molecule has 0 bridgehead atoms. The Morgan fingerprint density at radius 2 is 1.68 bits per heavy atom. The normalized spacial score (nSPS) is 14.0. The Morgan fingerprint density at radius 3 is 2.37 bits per heavy atom. The minimum Gasteiger partial charge on any atom is -0.389 e. The molecule has 0 saturated heterocycles. The van der Waals surface area contributed by atoms with Crippen LogP contribution in [-0.4, -0.2) is 11.5 Å². The Labute approximate surface area is 118 Å². The van der Waals surface area contributed by atoms with Gasteiger partial charge in [-0.1, -0.05) is 36.5 Å². The topological polar surface area (TPSA) is 29.3 Å². The predicted octanol–water partition coefficient (Wildman–Crippen LogP) is 2.88. The van der Waals surface area contributed by atoms with E-state index in [1.807, 2.05) is 12.1 Å². The summed E-state index contributed by atoms with van der Waals surface area (Å²) in [6.07, 6.45) is 1.10. The SMILES string of the molecule is NC(=S)c1ccc(N2CCc3ccccc3C2)cc1. The quantitative estimate of drug-likeness (QED) is 0.849. The molecule has 1 aliphatic rings. The lowest BCUT2D eigenvalue weighted by Gasteiger charge is -2.30. The molecule has 19 heavy (non-hydrogen) atoms. The van der Waals surface area contributed by atoms with Crippen LogP contribution >= 0.6 is 12.2 Å². The molecule has 1 heterocycles. The maximum atomic E-state index is 5.62. The van der Waals surface area contributed by atoms with Crippen LogP contribution in [0.2, 0.25) is 0 Å². The van der Waals surface area contributed by atoms with Gasteiger partial charge in [0, 0.05) is 24.3 Å². The second kappa shape index (κ2) is 5.02. The average Bonchev–Trinajstić information content (AvgIpc) is 2.47. The van der Waals surface area contributed by atoms with Crippen molar-refractivity contribution in [3.63, 3.8) is 0 Å². The predicted molar refractivity (Wildman–Crippen MR) is 83.5 cm³/mol. The van der Waals surface area contributed by atoms with Crippen molar-refractivity contribution in [1.82, 2.24) is 0 Å². The van der Waals surface area contributed by atoms with Crippen LogP contribution in [0.4, 0.5) is 5.69 Å². The molecule has 0 aliphatic carbocycles. The van der Waals surface area contributed by atoms with Gasteiger partial charge in [-0.05, 0) is 41.8 Å². The van der Waals surface area contributed by atoms with Gasteiger partial charge >= 0.3 is 0 Å². The van der Waals surface area contributed by atoms with Crippen LogP contribution in [-0.2, 0) is 13.0 Å². The van der Waals surface area contributed by atoms with Crippen molar-refractivity contribution in [2.45, 2.75) is 13.0 Å². The molecule has 0 fully saturated rings. The number of rotatable bonds is 2. The molecule has 0 saturated carbocycles. The molecule has 0 radical (unpaired) electrons. The van der Waals surface area contributed by atoms with Gasteiger partial charge in [-0.2, -0.15) is 0 Å². The minimum atomic E-state index is 0.454. The Hall–Kier alpha value is -1.87. The van der Waals surface area contributed by atoms with Crippen LogP contribution < -0.4 is 10.6 Å². The standard InChI is InChI=1S/C16H16N2S/c17-16(19)13-5-7-15(8-6-13)18-10-9-12-3-1-2-4-14(12)11-18/h1-8H,9-11H2,(H2,17,19). The molecule has 2 nitrogen and oxygen atoms in total. The Kier molecular flexibility index (Phi) is 3.22. The minimum absolute atomic E-state index is 0.454. The van der Waals surface area contributed by atoms with Crippen LogP contribution in [0, 0.1) is 0 Å². The Balaban J connectivity index is 1.83. The molecule has 2 aromatic carbocycles. The molecule has 2 N–H and O–H groups in total. The van der Waals surface area contributed by atoms with Gasteiger partial charge in [-0.3, -0.25) is 0 Å². The van der Waals surface area contributed by atoms with Gasteiger partial charge in [0.05, 0.1) is 0 Å². The van der Waals surface area contributed by atoms with E-state index in [9.17, 15) is 0 Å². The first-order valence-electron chi connectivity index (χ1n) is 6.45. The highest BCUT2D eigenvalue weighted by molar-refractivity contribution is 7.80. The van der Waals surface area contributed by atoms with Gasteiger partial charge in [-0.15, -0.1) is 0 Å². The van der Waals surface area contributed by atoms with Crippen LogP contribution in [0.25, 0.3) is 0 Å². The van der Waals surface area contributed by atoms with E-state index in [1.165, 1.54) is 16.8 Å². The maximum absolute atomic E-state index is 5.62. The van der Waals surface area contributed by atoms with Crippen molar-refractivity contribution in [1.29, 1.82) is 0 Å². The summed E-state index contributed by atoms with van der Waals surface area (Å²) in [6, 6.07) is 16.9. The summed E-state index contributed by atoms with van der Waals surface area (Å²) in [5, 5.41) is 0. The first kappa shape index (κ1) is 12.2. The fourth-order valence-electron chi connectivity index (χ4n) is 2.55. The highest BCUT2D eigenvalue weighted by Crippen LogP contribution is 2.24. The molecule has 1 aliphatic heterocycles. The largest absolute Gasteiger partial charge is 0.389 e. The number of fused-ring (bicyclic) bond motifs is 1. The number of thiocarbonyl (C=S) groups is 1. The monoisotopic (exact) mass is 268 g/mol. The fraction of sp³-hybridized carbons (Fsp3) is 0.188. The molecule has 0 amide bonds. The van der Waals surface area contributed by atoms with Gasteiger partial charge in [0.15, 0.2) is 0 Å². The summed E-state index contributed by atoms with van der Waals surface area (Å²) < 4.78 is 0. The summed E-state index contributed by atoms with van der Waals surface area (Å²) in [4.78, 5) is 2.85. The van der Waals surface area contributed by atoms with Crippen molar-refractivity contribution in [2.75, 3.05) is 11.4 Å². The maximum Gasteiger partial charge on any atom is 0.103 e. The zero-order chi connectivity index (χ0) is 13.2. The lowest BCUT2D eigenvalue weighted by molar-refractivity contribution is 0.732. The number of nitrogens with two attached hydrogens (primary N) is 1. The number of anilines is 1. The first-order valence-corrected chi connectivity index (χ1v) is 6.86. The zero-order valence-electron chi connectivity index (χ0n) is 10.7. The molecule has 0 aromatic heterocycles. The zero-order valence-corrected chi connectivity index (χ0v) is 11.5. The highest BCUT2D eigenvalue weighted by atomic mass is 32.1. The molecule has 3 rings (SSSR count). The van der Waals surface area contributed by atoms with Gasteiger partial charge in [0.2, 0.25) is 0 Å². The van der Waals surface area contributed by atoms with Crippen molar-refractivity contribution in [2.24, 2.45) is 5.73 Å². The summed E-state index contributed by atoms with van der Waals surface area (Å²) in [6.45, 7) is 2.03. The van der Waals surface area contributed by atoms with E-state index >= 15 is 0 Å². The van der Waals surface area contributed by atoms with Crippen LogP contribution in [0.1, 0.15) is 16.7 Å². The van der Waals surface area contributed by atoms with Gasteiger partial charge in [-0.25, -0.2) is 0 Å². The smallest absolute Gasteiger partial charge is 0.103 e. The van der Waals surface area contributed by atoms with E-state index in [-0.39, 0.29) is 0 Å². The van der Waals surface area contributed by atoms with E-state index in [0.717, 1.165) is 25.1 Å². The summed E-state index contributed by atoms with van der Waals surface area (Å²) in [7, 11) is 0. The Morgan fingerprint density at radius 1 is 1.00 bits per heavy atom. The number of benzene rings is 2. The van der Waals surface area contributed by atoms with Crippen LogP contribution in [0.3, 0.4) is 0 Å². The summed E-state index contributed by atoms with van der Waals surface area (Å²) in [5.74, 6) is 0. The molecule has 0 atom stereocenters. The molecular weight excluding hydrogens is 252 g/mol. The summed E-state index contributed by atoms with van der Waals surface area (Å²) >= 11 is 4.98. The number of nitrogens with zero attached hydrogens (tertiary/aromatic N) is 1. The lowest BCUT2D eigenvalue weighted by atomic mass is 9.99. The van der Waals surface area contributed by atoms with E-state index in [2.05, 4.69) is 41.3 Å². The third-order valence-corrected chi connectivity index (χ3v) is 3.88. The van der Waals surface area contributed by atoms with Crippen LogP contribution in [0.15, 0.2) is 48.5 Å². The van der Waals surface area contributed by atoms with Crippen molar-refractivity contribution < 1.29 is 0 Å². The average molecular weight is 268 g/mol. The second-order valence-corrected chi connectivity index (χ2v) is 5.29. The van der Waals surface area contributed by atoms with Crippen molar-refractivity contribution >= 4 is 22.9 Å². The third-order valence-electron chi connectivity index (χ3n) is 3.65. The number of hydrogen-bond acceptors (Lipinski definition) is 2. The fourth-order valence-corrected chi connectivity index (χ4v) is 2.69. The van der Waals surface area contributed by atoms with E-state index in [4.69, 9.17) is 18.0 Å². The molecule has 0 spiro atoms. The van der Waals surface area contributed by atoms with Gasteiger partial charge in [0.25, 0.3) is 0 Å². The van der Waals surface area contributed by atoms with Gasteiger partial charge < -0.3 is 10.6 Å². The molecular formula is C16H16N2S. The van der Waals surface area contributed by atoms with Crippen molar-refractivity contribution in [3.8, 4) is 0 Å². The van der Waals surface area contributed by atoms with Crippen LogP contribution in [0.5, 0.6) is 0 Å². The molecule has 2 aromatic rings. The van der Waals surface area contributed by atoms with E-state index < -0.39 is 0 Å². The van der Waals surface area contributed by atoms with E-state index in [0.29, 0.717) is 4.99 Å². The summed E-state index contributed by atoms with van der Waals surface area (Å²) in [5.41, 5.74) is 10.7. The molecule has 0 unspecified atom stereocenters. The number of hydrogen-bond donors (Lipinski definition) is 1. The molecule has 96 valence electrons. The Bertz CT molecular complexity index is 604. The third kappa shape index (κ3) is 2.47. The van der Waals surface area contributed by atoms with Crippen molar-refractivity contribution in [3.05, 3.63) is 65.2 Å². The van der Waals surface area contributed by atoms with E-state index in [1.54, 1.807) is 0 Å². The highest BCUT2D eigenvalue weighted by Gasteiger charge is 2.15. The molecule has 3 heteroatoms. The first-order chi connectivity index (χ1) is 9.24. The second-order valence-electron chi connectivity index (χ2n) is 4.85. The lowest BCUT2D eigenvalue weighted by Crippen LogP contribution is -2.30. The van der Waals surface area contributed by atoms with Gasteiger partial charge in [0.1, 0.15) is 4.99 Å².